The lowest BCUT2D eigenvalue weighted by Gasteiger charge is -2.22. The Morgan fingerprint density at radius 1 is 1.06 bits per heavy atom. The SMILES string of the molecule is CC(C(O)C(=O)O)C(C(=O)O)c1ccccc1. The molecule has 0 heterocycles. The Labute approximate surface area is 98.3 Å². The highest BCUT2D eigenvalue weighted by Crippen LogP contribution is 2.27. The van der Waals surface area contributed by atoms with Gasteiger partial charge in [0.05, 0.1) is 5.92 Å². The topological polar surface area (TPSA) is 94.8 Å². The van der Waals surface area contributed by atoms with Crippen molar-refractivity contribution in [3.63, 3.8) is 0 Å². The molecule has 0 fully saturated rings. The average Bonchev–Trinajstić information content (AvgIpc) is 2.28. The summed E-state index contributed by atoms with van der Waals surface area (Å²) >= 11 is 0. The van der Waals surface area contributed by atoms with Crippen molar-refractivity contribution in [2.24, 2.45) is 5.92 Å². The van der Waals surface area contributed by atoms with Gasteiger partial charge in [-0.15, -0.1) is 0 Å². The molecule has 1 rings (SSSR count). The predicted molar refractivity (Wildman–Crippen MR) is 59.6 cm³/mol. The Morgan fingerprint density at radius 2 is 1.59 bits per heavy atom. The van der Waals surface area contributed by atoms with E-state index < -0.39 is 29.9 Å². The first-order valence-corrected chi connectivity index (χ1v) is 5.13. The van der Waals surface area contributed by atoms with Crippen LogP contribution in [-0.2, 0) is 9.59 Å². The predicted octanol–water partition coefficient (Wildman–Crippen LogP) is 0.936. The van der Waals surface area contributed by atoms with Crippen molar-refractivity contribution in [3.8, 4) is 0 Å². The van der Waals surface area contributed by atoms with E-state index in [1.165, 1.54) is 6.92 Å². The summed E-state index contributed by atoms with van der Waals surface area (Å²) in [4.78, 5) is 21.8. The van der Waals surface area contributed by atoms with Crippen LogP contribution in [0.2, 0.25) is 0 Å². The summed E-state index contributed by atoms with van der Waals surface area (Å²) in [5.41, 5.74) is 0.479. The number of carboxylic acid groups (broad SMARTS) is 2. The number of aliphatic hydroxyl groups is 1. The second-order valence-electron chi connectivity index (χ2n) is 3.87. The molecule has 0 saturated carbocycles. The number of hydrogen-bond acceptors (Lipinski definition) is 3. The maximum atomic E-state index is 11.2. The fourth-order valence-corrected chi connectivity index (χ4v) is 1.74. The molecule has 0 bridgehead atoms. The van der Waals surface area contributed by atoms with Crippen LogP contribution in [0.1, 0.15) is 18.4 Å². The highest BCUT2D eigenvalue weighted by Gasteiger charge is 2.34. The Balaban J connectivity index is 3.03. The molecule has 17 heavy (non-hydrogen) atoms. The maximum Gasteiger partial charge on any atom is 0.332 e. The summed E-state index contributed by atoms with van der Waals surface area (Å²) < 4.78 is 0. The van der Waals surface area contributed by atoms with Gasteiger partial charge in [0.25, 0.3) is 0 Å². The van der Waals surface area contributed by atoms with Gasteiger partial charge in [-0.1, -0.05) is 37.3 Å². The number of hydrogen-bond donors (Lipinski definition) is 3. The summed E-state index contributed by atoms with van der Waals surface area (Å²) in [7, 11) is 0. The van der Waals surface area contributed by atoms with Gasteiger partial charge in [0, 0.05) is 5.92 Å². The van der Waals surface area contributed by atoms with Crippen molar-refractivity contribution in [1.82, 2.24) is 0 Å². The highest BCUT2D eigenvalue weighted by atomic mass is 16.4. The van der Waals surface area contributed by atoms with Crippen molar-refractivity contribution < 1.29 is 24.9 Å². The third-order valence-electron chi connectivity index (χ3n) is 2.70. The van der Waals surface area contributed by atoms with Gasteiger partial charge in [0.2, 0.25) is 0 Å². The molecule has 3 unspecified atom stereocenters. The first-order chi connectivity index (χ1) is 7.95. The zero-order chi connectivity index (χ0) is 13.0. The molecule has 1 aromatic carbocycles. The van der Waals surface area contributed by atoms with Crippen LogP contribution < -0.4 is 0 Å². The first-order valence-electron chi connectivity index (χ1n) is 5.13. The van der Waals surface area contributed by atoms with Gasteiger partial charge in [0.15, 0.2) is 6.10 Å². The molecule has 1 aromatic rings. The van der Waals surface area contributed by atoms with Gasteiger partial charge < -0.3 is 15.3 Å². The van der Waals surface area contributed by atoms with Gasteiger partial charge in [-0.2, -0.15) is 0 Å². The van der Waals surface area contributed by atoms with E-state index in [1.807, 2.05) is 0 Å². The lowest BCUT2D eigenvalue weighted by atomic mass is 9.84. The van der Waals surface area contributed by atoms with Crippen LogP contribution in [-0.4, -0.2) is 33.4 Å². The van der Waals surface area contributed by atoms with Crippen LogP contribution in [0, 0.1) is 5.92 Å². The summed E-state index contributed by atoms with van der Waals surface area (Å²) in [6, 6.07) is 8.28. The van der Waals surface area contributed by atoms with Crippen molar-refractivity contribution in [3.05, 3.63) is 35.9 Å². The highest BCUT2D eigenvalue weighted by molar-refractivity contribution is 5.79. The Kier molecular flexibility index (Phi) is 4.23. The third kappa shape index (κ3) is 3.04. The van der Waals surface area contributed by atoms with Crippen molar-refractivity contribution in [2.75, 3.05) is 0 Å². The monoisotopic (exact) mass is 238 g/mol. The summed E-state index contributed by atoms with van der Waals surface area (Å²) in [6.45, 7) is 1.41. The second-order valence-corrected chi connectivity index (χ2v) is 3.87. The summed E-state index contributed by atoms with van der Waals surface area (Å²) in [5.74, 6) is -4.52. The van der Waals surface area contributed by atoms with Gasteiger partial charge >= 0.3 is 11.9 Å². The zero-order valence-corrected chi connectivity index (χ0v) is 9.28. The Hall–Kier alpha value is -1.88. The van der Waals surface area contributed by atoms with E-state index >= 15 is 0 Å². The van der Waals surface area contributed by atoms with E-state index in [4.69, 9.17) is 10.2 Å². The minimum absolute atomic E-state index is 0.479. The third-order valence-corrected chi connectivity index (χ3v) is 2.70. The largest absolute Gasteiger partial charge is 0.481 e. The smallest absolute Gasteiger partial charge is 0.332 e. The maximum absolute atomic E-state index is 11.2. The fourth-order valence-electron chi connectivity index (χ4n) is 1.74. The van der Waals surface area contributed by atoms with Gasteiger partial charge in [-0.05, 0) is 5.56 Å². The molecule has 0 saturated heterocycles. The molecule has 0 spiro atoms. The van der Waals surface area contributed by atoms with Crippen LogP contribution in [0.25, 0.3) is 0 Å². The van der Waals surface area contributed by atoms with Crippen molar-refractivity contribution in [1.29, 1.82) is 0 Å². The quantitative estimate of drug-likeness (QED) is 0.709. The molecule has 0 aliphatic heterocycles. The number of aliphatic carboxylic acids is 2. The molecule has 3 N–H and O–H groups in total. The van der Waals surface area contributed by atoms with Crippen LogP contribution in [0.5, 0.6) is 0 Å². The van der Waals surface area contributed by atoms with E-state index in [2.05, 4.69) is 0 Å². The Bertz CT molecular complexity index is 401. The average molecular weight is 238 g/mol. The standard InChI is InChI=1S/C12H14O5/c1-7(10(13)12(16)17)9(11(14)15)8-5-3-2-4-6-8/h2-7,9-10,13H,1H3,(H,14,15)(H,16,17). The summed E-state index contributed by atoms with van der Waals surface area (Å²) in [6.07, 6.45) is -1.70. The van der Waals surface area contributed by atoms with Gasteiger partial charge in [-0.25, -0.2) is 4.79 Å². The fraction of sp³-hybridized carbons (Fsp3) is 0.333. The molecule has 3 atom stereocenters. The molecule has 5 heteroatoms. The van der Waals surface area contributed by atoms with Crippen molar-refractivity contribution in [2.45, 2.75) is 18.9 Å². The molecule has 5 nitrogen and oxygen atoms in total. The lowest BCUT2D eigenvalue weighted by Crippen LogP contribution is -2.34. The van der Waals surface area contributed by atoms with E-state index in [0.717, 1.165) is 0 Å². The molecule has 0 aliphatic carbocycles. The van der Waals surface area contributed by atoms with E-state index in [1.54, 1.807) is 30.3 Å². The number of carboxylic acids is 2. The zero-order valence-electron chi connectivity index (χ0n) is 9.28. The van der Waals surface area contributed by atoms with Crippen LogP contribution in [0.15, 0.2) is 30.3 Å². The normalized spacial score (nSPS) is 15.9. The van der Waals surface area contributed by atoms with E-state index in [-0.39, 0.29) is 0 Å². The number of aliphatic hydroxyl groups excluding tert-OH is 1. The minimum Gasteiger partial charge on any atom is -0.481 e. The Morgan fingerprint density at radius 3 is 2.00 bits per heavy atom. The molecule has 0 amide bonds. The molecule has 0 radical (unpaired) electrons. The number of carbonyl (C=O) groups is 2. The molecule has 0 aliphatic rings. The second kappa shape index (κ2) is 5.45. The van der Waals surface area contributed by atoms with Crippen LogP contribution in [0.4, 0.5) is 0 Å². The molecule has 0 aromatic heterocycles. The van der Waals surface area contributed by atoms with E-state index in [0.29, 0.717) is 5.56 Å². The summed E-state index contributed by atoms with van der Waals surface area (Å²) in [5, 5.41) is 27.2. The lowest BCUT2D eigenvalue weighted by molar-refractivity contribution is -0.152. The number of benzene rings is 1. The van der Waals surface area contributed by atoms with Crippen LogP contribution >= 0.6 is 0 Å². The van der Waals surface area contributed by atoms with Crippen molar-refractivity contribution >= 4 is 11.9 Å². The van der Waals surface area contributed by atoms with E-state index in [9.17, 15) is 14.7 Å². The minimum atomic E-state index is -1.70. The molecular formula is C12H14O5. The van der Waals surface area contributed by atoms with Gasteiger partial charge in [-0.3, -0.25) is 4.79 Å². The molecule has 92 valence electrons. The molecular weight excluding hydrogens is 224 g/mol. The van der Waals surface area contributed by atoms with Gasteiger partial charge in [0.1, 0.15) is 0 Å². The first kappa shape index (κ1) is 13.2. The number of rotatable bonds is 5. The van der Waals surface area contributed by atoms with Crippen LogP contribution in [0.3, 0.4) is 0 Å².